The van der Waals surface area contributed by atoms with E-state index in [0.717, 1.165) is 17.3 Å². The van der Waals surface area contributed by atoms with Crippen LogP contribution < -0.4 is 10.1 Å². The molecular weight excluding hydrogens is 398 g/mol. The summed E-state index contributed by atoms with van der Waals surface area (Å²) in [6, 6.07) is 16.3. The van der Waals surface area contributed by atoms with Gasteiger partial charge in [0, 0.05) is 12.1 Å². The van der Waals surface area contributed by atoms with Crippen molar-refractivity contribution in [2.75, 3.05) is 18.2 Å². The topological polar surface area (TPSA) is 92.8 Å². The molecule has 3 aromatic rings. The highest BCUT2D eigenvalue weighted by Gasteiger charge is 2.19. The first-order valence-electron chi connectivity index (χ1n) is 9.56. The highest BCUT2D eigenvalue weighted by atomic mass is 32.2. The van der Waals surface area contributed by atoms with Gasteiger partial charge < -0.3 is 14.6 Å². The van der Waals surface area contributed by atoms with Crippen molar-refractivity contribution < 1.29 is 9.53 Å². The van der Waals surface area contributed by atoms with Crippen molar-refractivity contribution in [1.29, 1.82) is 5.26 Å². The average Bonchev–Trinajstić information content (AvgIpc) is 3.21. The van der Waals surface area contributed by atoms with Crippen LogP contribution in [0, 0.1) is 11.3 Å². The van der Waals surface area contributed by atoms with Crippen molar-refractivity contribution >= 4 is 23.2 Å². The van der Waals surface area contributed by atoms with Crippen molar-refractivity contribution in [1.82, 2.24) is 14.8 Å². The number of para-hydroxylation sites is 2. The number of methoxy groups -OCH3 is 1. The first kappa shape index (κ1) is 21.4. The maximum atomic E-state index is 12.5. The normalized spacial score (nSPS) is 11.5. The third kappa shape index (κ3) is 4.81. The molecule has 0 aliphatic carbocycles. The first-order chi connectivity index (χ1) is 14.6. The second-order valence-electron chi connectivity index (χ2n) is 6.55. The van der Waals surface area contributed by atoms with E-state index in [4.69, 9.17) is 10.00 Å². The van der Waals surface area contributed by atoms with Gasteiger partial charge in [0.2, 0.25) is 0 Å². The number of hydrogen-bond donors (Lipinski definition) is 1. The van der Waals surface area contributed by atoms with Crippen molar-refractivity contribution in [3.05, 3.63) is 65.5 Å². The number of carbonyl (C=O) groups is 1. The van der Waals surface area contributed by atoms with Gasteiger partial charge >= 0.3 is 0 Å². The summed E-state index contributed by atoms with van der Waals surface area (Å²) in [5.41, 5.74) is 1.99. The Morgan fingerprint density at radius 1 is 1.23 bits per heavy atom. The van der Waals surface area contributed by atoms with Gasteiger partial charge in [0.25, 0.3) is 0 Å². The van der Waals surface area contributed by atoms with Crippen LogP contribution in [0.2, 0.25) is 0 Å². The molecular formula is C22H23N5O2S. The zero-order valence-corrected chi connectivity index (χ0v) is 17.9. The molecule has 0 radical (unpaired) electrons. The summed E-state index contributed by atoms with van der Waals surface area (Å²) >= 11 is 1.36. The van der Waals surface area contributed by atoms with Gasteiger partial charge in [0.05, 0.1) is 36.2 Å². The molecule has 0 aliphatic heterocycles. The number of benzene rings is 2. The van der Waals surface area contributed by atoms with Gasteiger partial charge in [-0.1, -0.05) is 36.0 Å². The smallest absolute Gasteiger partial charge is 0.191 e. The lowest BCUT2D eigenvalue weighted by Crippen LogP contribution is -2.14. The summed E-state index contributed by atoms with van der Waals surface area (Å²) in [7, 11) is 1.64. The van der Waals surface area contributed by atoms with E-state index in [1.165, 1.54) is 11.8 Å². The molecule has 1 aromatic heterocycles. The zero-order chi connectivity index (χ0) is 21.5. The molecule has 1 N–H and O–H groups in total. The lowest BCUT2D eigenvalue weighted by atomic mass is 10.1. The van der Waals surface area contributed by atoms with Gasteiger partial charge in [-0.2, -0.15) is 5.26 Å². The maximum absolute atomic E-state index is 12.5. The van der Waals surface area contributed by atoms with Crippen LogP contribution in [-0.4, -0.2) is 33.4 Å². The second kappa shape index (κ2) is 9.94. The van der Waals surface area contributed by atoms with E-state index in [-0.39, 0.29) is 17.6 Å². The van der Waals surface area contributed by atoms with Crippen LogP contribution in [0.1, 0.15) is 41.6 Å². The number of hydrogen-bond acceptors (Lipinski definition) is 7. The number of ether oxygens (including phenoxy) is 1. The molecule has 0 aliphatic rings. The van der Waals surface area contributed by atoms with E-state index in [9.17, 15) is 4.79 Å². The number of aromatic nitrogens is 3. The largest absolute Gasteiger partial charge is 0.495 e. The number of nitriles is 1. The van der Waals surface area contributed by atoms with E-state index in [1.807, 2.05) is 42.7 Å². The zero-order valence-electron chi connectivity index (χ0n) is 17.1. The molecule has 3 rings (SSSR count). The molecule has 0 saturated carbocycles. The summed E-state index contributed by atoms with van der Waals surface area (Å²) in [6.07, 6.45) is 0. The van der Waals surface area contributed by atoms with Crippen molar-refractivity contribution in [2.24, 2.45) is 0 Å². The van der Waals surface area contributed by atoms with Crippen LogP contribution in [0.25, 0.3) is 0 Å². The predicted molar refractivity (Wildman–Crippen MR) is 117 cm³/mol. The van der Waals surface area contributed by atoms with Crippen molar-refractivity contribution in [2.45, 2.75) is 31.6 Å². The molecule has 1 unspecified atom stereocenters. The number of ketones is 1. The maximum Gasteiger partial charge on any atom is 0.191 e. The van der Waals surface area contributed by atoms with Gasteiger partial charge in [0.15, 0.2) is 16.8 Å². The SMILES string of the molecule is CCn1c(SCC(=O)c2ccc(C#N)cc2)nnc1C(C)Nc1ccccc1OC. The minimum Gasteiger partial charge on any atom is -0.495 e. The number of nitrogens with zero attached hydrogens (tertiary/aromatic N) is 4. The van der Waals surface area contributed by atoms with Crippen LogP contribution in [-0.2, 0) is 6.54 Å². The van der Waals surface area contributed by atoms with Crippen LogP contribution in [0.3, 0.4) is 0 Å². The number of thioether (sulfide) groups is 1. The van der Waals surface area contributed by atoms with E-state index < -0.39 is 0 Å². The Labute approximate surface area is 180 Å². The first-order valence-corrected chi connectivity index (χ1v) is 10.5. The molecule has 2 aromatic carbocycles. The summed E-state index contributed by atoms with van der Waals surface area (Å²) in [5.74, 6) is 1.78. The fourth-order valence-corrected chi connectivity index (χ4v) is 3.93. The van der Waals surface area contributed by atoms with Gasteiger partial charge in [0.1, 0.15) is 5.75 Å². The fraction of sp³-hybridized carbons (Fsp3) is 0.273. The Bertz CT molecular complexity index is 1060. The van der Waals surface area contributed by atoms with Crippen LogP contribution in [0.4, 0.5) is 5.69 Å². The Hall–Kier alpha value is -3.31. The monoisotopic (exact) mass is 421 g/mol. The lowest BCUT2D eigenvalue weighted by molar-refractivity contribution is 0.102. The highest BCUT2D eigenvalue weighted by Crippen LogP contribution is 2.28. The van der Waals surface area contributed by atoms with Gasteiger partial charge in [-0.3, -0.25) is 4.79 Å². The third-order valence-corrected chi connectivity index (χ3v) is 5.56. The summed E-state index contributed by atoms with van der Waals surface area (Å²) in [4.78, 5) is 12.5. The van der Waals surface area contributed by atoms with Gasteiger partial charge in [-0.15, -0.1) is 10.2 Å². The quantitative estimate of drug-likeness (QED) is 0.406. The Morgan fingerprint density at radius 3 is 2.63 bits per heavy atom. The lowest BCUT2D eigenvalue weighted by Gasteiger charge is -2.18. The minimum atomic E-state index is -0.0997. The van der Waals surface area contributed by atoms with Crippen LogP contribution in [0.15, 0.2) is 53.7 Å². The molecule has 0 saturated heterocycles. The summed E-state index contributed by atoms with van der Waals surface area (Å²) in [6.45, 7) is 4.72. The molecule has 30 heavy (non-hydrogen) atoms. The van der Waals surface area contributed by atoms with E-state index in [2.05, 4.69) is 21.6 Å². The number of carbonyl (C=O) groups excluding carboxylic acids is 1. The second-order valence-corrected chi connectivity index (χ2v) is 7.49. The summed E-state index contributed by atoms with van der Waals surface area (Å²) in [5, 5.41) is 21.6. The fourth-order valence-electron chi connectivity index (χ4n) is 3.03. The van der Waals surface area contributed by atoms with Gasteiger partial charge in [-0.25, -0.2) is 0 Å². The molecule has 0 spiro atoms. The minimum absolute atomic E-state index is 0.0168. The van der Waals surface area contributed by atoms with Crippen molar-refractivity contribution in [3.8, 4) is 11.8 Å². The number of anilines is 1. The molecule has 8 heteroatoms. The third-order valence-electron chi connectivity index (χ3n) is 4.60. The Kier molecular flexibility index (Phi) is 7.09. The standard InChI is InChI=1S/C22H23N5O2S/c1-4-27-21(15(2)24-18-7-5-6-8-20(18)29-3)25-26-22(27)30-14-19(28)17-11-9-16(13-23)10-12-17/h5-12,15,24H,4,14H2,1-3H3. The van der Waals surface area contributed by atoms with Gasteiger partial charge in [-0.05, 0) is 38.1 Å². The number of rotatable bonds is 9. The number of Topliss-reactive ketones (excluding diaryl/α,β-unsaturated/α-hetero) is 1. The molecule has 1 atom stereocenters. The number of nitrogens with one attached hydrogen (secondary N) is 1. The van der Waals surface area contributed by atoms with Crippen LogP contribution >= 0.6 is 11.8 Å². The molecule has 154 valence electrons. The Morgan fingerprint density at radius 2 is 1.97 bits per heavy atom. The predicted octanol–water partition coefficient (Wildman–Crippen LogP) is 4.33. The molecule has 0 fully saturated rings. The Balaban J connectivity index is 1.70. The average molecular weight is 422 g/mol. The van der Waals surface area contributed by atoms with E-state index in [0.29, 0.717) is 22.8 Å². The molecule has 1 heterocycles. The highest BCUT2D eigenvalue weighted by molar-refractivity contribution is 7.99. The summed E-state index contributed by atoms with van der Waals surface area (Å²) < 4.78 is 7.40. The molecule has 7 nitrogen and oxygen atoms in total. The van der Waals surface area contributed by atoms with E-state index >= 15 is 0 Å². The van der Waals surface area contributed by atoms with E-state index in [1.54, 1.807) is 31.4 Å². The van der Waals surface area contributed by atoms with Crippen molar-refractivity contribution in [3.63, 3.8) is 0 Å². The molecule has 0 bridgehead atoms. The molecule has 0 amide bonds. The van der Waals surface area contributed by atoms with Crippen LogP contribution in [0.5, 0.6) is 5.75 Å².